The van der Waals surface area contributed by atoms with E-state index < -0.39 is 15.6 Å². The van der Waals surface area contributed by atoms with Gasteiger partial charge in [0, 0.05) is 31.6 Å². The molecule has 9 heteroatoms. The molecule has 1 saturated heterocycles. The zero-order valence-electron chi connectivity index (χ0n) is 19.3. The summed E-state index contributed by atoms with van der Waals surface area (Å²) in [5.41, 5.74) is 0.914. The average Bonchev–Trinajstić information content (AvgIpc) is 3.10. The van der Waals surface area contributed by atoms with Gasteiger partial charge in [-0.3, -0.25) is 14.6 Å². The summed E-state index contributed by atoms with van der Waals surface area (Å²) in [4.78, 5) is 28.8. The Labute approximate surface area is 196 Å². The van der Waals surface area contributed by atoms with Crippen LogP contribution in [0.5, 0.6) is 0 Å². The lowest BCUT2D eigenvalue weighted by atomic mass is 9.88. The summed E-state index contributed by atoms with van der Waals surface area (Å²) in [6.45, 7) is 2.11. The zero-order valence-corrected chi connectivity index (χ0v) is 20.1. The number of aryl methyl sites for hydroxylation is 1. The van der Waals surface area contributed by atoms with E-state index in [2.05, 4.69) is 10.6 Å². The molecule has 3 aliphatic rings. The number of nitrogens with zero attached hydrogens (tertiary/aromatic N) is 2. The third-order valence-corrected chi connectivity index (χ3v) is 9.01. The van der Waals surface area contributed by atoms with Crippen molar-refractivity contribution in [1.29, 1.82) is 0 Å². The van der Waals surface area contributed by atoms with Crippen molar-refractivity contribution in [1.82, 2.24) is 9.62 Å². The second-order valence-electron chi connectivity index (χ2n) is 9.52. The summed E-state index contributed by atoms with van der Waals surface area (Å²) in [5, 5.41) is 5.77. The molecule has 2 N–H and O–H groups in total. The standard InChI is InChI=1S/C24H34N4O4S/c1-18(29)25-21-11-5-7-19(17-21)8-6-16-33(31,32)28-14-12-24(13-15-28)23(30)26-22(27-24)20-9-3-2-4-10-20/h5,7,11,17,20H,2-4,6,8-10,12-16H2,1H3,(H,25,29)(H,26,27,30). The third-order valence-electron chi connectivity index (χ3n) is 7.05. The molecule has 180 valence electrons. The number of rotatable bonds is 7. The van der Waals surface area contributed by atoms with Crippen molar-refractivity contribution in [3.8, 4) is 0 Å². The maximum Gasteiger partial charge on any atom is 0.253 e. The zero-order chi connectivity index (χ0) is 23.5. The SMILES string of the molecule is CC(=O)Nc1cccc(CCCS(=O)(=O)N2CCC3(CC2)N=C(C2CCCCC2)NC3=O)c1. The normalized spacial score (nSPS) is 21.6. The van der Waals surface area contributed by atoms with E-state index >= 15 is 0 Å². The monoisotopic (exact) mass is 474 g/mol. The van der Waals surface area contributed by atoms with Gasteiger partial charge in [0.15, 0.2) is 0 Å². The molecule has 2 aliphatic heterocycles. The maximum atomic E-state index is 12.9. The number of anilines is 1. The van der Waals surface area contributed by atoms with Crippen LogP contribution in [0.4, 0.5) is 5.69 Å². The minimum Gasteiger partial charge on any atom is -0.326 e. The molecule has 2 amide bonds. The highest BCUT2D eigenvalue weighted by Crippen LogP contribution is 2.34. The lowest BCUT2D eigenvalue weighted by Crippen LogP contribution is -2.50. The number of amidine groups is 1. The van der Waals surface area contributed by atoms with Gasteiger partial charge in [0.05, 0.1) is 5.75 Å². The summed E-state index contributed by atoms with van der Waals surface area (Å²) in [7, 11) is -3.40. The largest absolute Gasteiger partial charge is 0.326 e. The van der Waals surface area contributed by atoms with Crippen LogP contribution in [-0.2, 0) is 26.0 Å². The molecule has 0 unspecified atom stereocenters. The van der Waals surface area contributed by atoms with Gasteiger partial charge in [-0.2, -0.15) is 0 Å². The van der Waals surface area contributed by atoms with Gasteiger partial charge in [-0.05, 0) is 56.2 Å². The second-order valence-corrected chi connectivity index (χ2v) is 11.6. The van der Waals surface area contributed by atoms with Gasteiger partial charge in [0.25, 0.3) is 5.91 Å². The van der Waals surface area contributed by atoms with Crippen molar-refractivity contribution in [3.63, 3.8) is 0 Å². The Morgan fingerprint density at radius 3 is 2.64 bits per heavy atom. The Balaban J connectivity index is 1.30. The number of piperidine rings is 1. The summed E-state index contributed by atoms with van der Waals surface area (Å²) >= 11 is 0. The Bertz CT molecular complexity index is 1020. The second kappa shape index (κ2) is 9.93. The van der Waals surface area contributed by atoms with E-state index in [1.165, 1.54) is 30.5 Å². The summed E-state index contributed by atoms with van der Waals surface area (Å²) in [6, 6.07) is 7.48. The van der Waals surface area contributed by atoms with Crippen LogP contribution in [0.3, 0.4) is 0 Å². The summed E-state index contributed by atoms with van der Waals surface area (Å²) < 4.78 is 27.4. The molecule has 33 heavy (non-hydrogen) atoms. The lowest BCUT2D eigenvalue weighted by Gasteiger charge is -2.34. The van der Waals surface area contributed by atoms with Crippen LogP contribution in [-0.4, -0.2) is 54.8 Å². The van der Waals surface area contributed by atoms with Crippen molar-refractivity contribution < 1.29 is 18.0 Å². The highest BCUT2D eigenvalue weighted by molar-refractivity contribution is 7.89. The predicted molar refractivity (Wildman–Crippen MR) is 129 cm³/mol. The fourth-order valence-electron chi connectivity index (χ4n) is 5.18. The summed E-state index contributed by atoms with van der Waals surface area (Å²) in [5.74, 6) is 1.04. The Kier molecular flexibility index (Phi) is 7.19. The fraction of sp³-hybridized carbons (Fsp3) is 0.625. The molecule has 1 aromatic carbocycles. The summed E-state index contributed by atoms with van der Waals surface area (Å²) in [6.07, 6.45) is 7.73. The van der Waals surface area contributed by atoms with Crippen molar-refractivity contribution in [2.75, 3.05) is 24.2 Å². The number of benzene rings is 1. The number of carbonyl (C=O) groups is 2. The van der Waals surface area contributed by atoms with Gasteiger partial charge in [-0.15, -0.1) is 0 Å². The van der Waals surface area contributed by atoms with E-state index in [4.69, 9.17) is 4.99 Å². The first-order chi connectivity index (χ1) is 15.8. The third kappa shape index (κ3) is 5.63. The molecule has 8 nitrogen and oxygen atoms in total. The highest BCUT2D eigenvalue weighted by Gasteiger charge is 2.48. The van der Waals surface area contributed by atoms with Crippen LogP contribution < -0.4 is 10.6 Å². The van der Waals surface area contributed by atoms with E-state index in [0.717, 1.165) is 24.2 Å². The molecular weight excluding hydrogens is 440 g/mol. The molecule has 0 atom stereocenters. The van der Waals surface area contributed by atoms with Gasteiger partial charge >= 0.3 is 0 Å². The predicted octanol–water partition coefficient (Wildman–Crippen LogP) is 2.85. The van der Waals surface area contributed by atoms with Gasteiger partial charge in [0.2, 0.25) is 15.9 Å². The Morgan fingerprint density at radius 2 is 1.94 bits per heavy atom. The lowest BCUT2D eigenvalue weighted by molar-refractivity contribution is -0.125. The number of sulfonamides is 1. The van der Waals surface area contributed by atoms with E-state index in [1.54, 1.807) is 0 Å². The molecule has 4 rings (SSSR count). The number of aliphatic imine (C=N–C) groups is 1. The van der Waals surface area contributed by atoms with E-state index in [-0.39, 0.29) is 17.6 Å². The molecule has 0 aromatic heterocycles. The number of hydrogen-bond donors (Lipinski definition) is 2. The van der Waals surface area contributed by atoms with Gasteiger partial charge < -0.3 is 10.6 Å². The van der Waals surface area contributed by atoms with Crippen LogP contribution >= 0.6 is 0 Å². The number of hydrogen-bond acceptors (Lipinski definition) is 5. The Morgan fingerprint density at radius 1 is 1.21 bits per heavy atom. The van der Waals surface area contributed by atoms with Crippen molar-refractivity contribution in [2.24, 2.45) is 10.9 Å². The topological polar surface area (TPSA) is 108 Å². The maximum absolute atomic E-state index is 12.9. The Hall–Kier alpha value is -2.26. The quantitative estimate of drug-likeness (QED) is 0.633. The molecule has 2 fully saturated rings. The number of amides is 2. The van der Waals surface area contributed by atoms with Crippen molar-refractivity contribution >= 4 is 33.4 Å². The average molecular weight is 475 g/mol. The molecule has 0 bridgehead atoms. The van der Waals surface area contributed by atoms with Crippen LogP contribution in [0.25, 0.3) is 0 Å². The smallest absolute Gasteiger partial charge is 0.253 e. The number of carbonyl (C=O) groups excluding carboxylic acids is 2. The highest BCUT2D eigenvalue weighted by atomic mass is 32.2. The van der Waals surface area contributed by atoms with Crippen LogP contribution in [0.1, 0.15) is 63.9 Å². The van der Waals surface area contributed by atoms with Crippen LogP contribution in [0.15, 0.2) is 29.3 Å². The van der Waals surface area contributed by atoms with E-state index in [0.29, 0.717) is 50.4 Å². The molecule has 1 aliphatic carbocycles. The molecule has 2 heterocycles. The molecular formula is C24H34N4O4S. The first-order valence-electron chi connectivity index (χ1n) is 12.0. The van der Waals surface area contributed by atoms with Gasteiger partial charge in [0.1, 0.15) is 11.4 Å². The van der Waals surface area contributed by atoms with E-state index in [9.17, 15) is 18.0 Å². The minimum atomic E-state index is -3.40. The van der Waals surface area contributed by atoms with Crippen LogP contribution in [0.2, 0.25) is 0 Å². The van der Waals surface area contributed by atoms with Crippen LogP contribution in [0, 0.1) is 5.92 Å². The molecule has 0 radical (unpaired) electrons. The number of nitrogens with one attached hydrogen (secondary N) is 2. The first-order valence-corrected chi connectivity index (χ1v) is 13.6. The van der Waals surface area contributed by atoms with E-state index in [1.807, 2.05) is 24.3 Å². The van der Waals surface area contributed by atoms with Crippen molar-refractivity contribution in [2.45, 2.75) is 70.3 Å². The molecule has 1 saturated carbocycles. The first kappa shape index (κ1) is 23.9. The van der Waals surface area contributed by atoms with Gasteiger partial charge in [-0.1, -0.05) is 31.4 Å². The van der Waals surface area contributed by atoms with Gasteiger partial charge in [-0.25, -0.2) is 12.7 Å². The molecule has 1 aromatic rings. The van der Waals surface area contributed by atoms with Crippen molar-refractivity contribution in [3.05, 3.63) is 29.8 Å². The molecule has 1 spiro atoms. The minimum absolute atomic E-state index is 0.0563. The fourth-order valence-corrected chi connectivity index (χ4v) is 6.69.